The number of imidazole rings is 1. The number of alkyl halides is 1. The van der Waals surface area contributed by atoms with Crippen LogP contribution in [0, 0.1) is 5.82 Å². The molecule has 0 radical (unpaired) electrons. The van der Waals surface area contributed by atoms with Crippen LogP contribution >= 0.6 is 27.5 Å². The minimum atomic E-state index is -0.327. The predicted molar refractivity (Wildman–Crippen MR) is 79.9 cm³/mol. The molecule has 3 aromatic rings. The summed E-state index contributed by atoms with van der Waals surface area (Å²) in [5.74, 6) is 1.59. The SMILES string of the molecule is Cn1ccc(-n2c(CCCl)nc3cc(Br)c(F)cc32)n1. The lowest BCUT2D eigenvalue weighted by Crippen LogP contribution is -2.04. The fraction of sp³-hybridized carbons (Fsp3) is 0.231. The van der Waals surface area contributed by atoms with E-state index < -0.39 is 0 Å². The van der Waals surface area contributed by atoms with Gasteiger partial charge in [0.25, 0.3) is 0 Å². The molecule has 0 fully saturated rings. The molecule has 104 valence electrons. The van der Waals surface area contributed by atoms with Crippen LogP contribution in [0.4, 0.5) is 4.39 Å². The highest BCUT2D eigenvalue weighted by atomic mass is 79.9. The molecule has 0 atom stereocenters. The number of benzene rings is 1. The zero-order valence-electron chi connectivity index (χ0n) is 10.6. The number of halogens is 3. The fourth-order valence-corrected chi connectivity index (χ4v) is 2.65. The van der Waals surface area contributed by atoms with Gasteiger partial charge in [0, 0.05) is 37.7 Å². The first-order chi connectivity index (χ1) is 9.60. The molecule has 0 saturated heterocycles. The Morgan fingerprint density at radius 1 is 1.40 bits per heavy atom. The van der Waals surface area contributed by atoms with Crippen LogP contribution in [0.5, 0.6) is 0 Å². The summed E-state index contributed by atoms with van der Waals surface area (Å²) in [5, 5.41) is 4.36. The van der Waals surface area contributed by atoms with Gasteiger partial charge in [0.1, 0.15) is 11.6 Å². The van der Waals surface area contributed by atoms with Crippen LogP contribution in [0.2, 0.25) is 0 Å². The first kappa shape index (κ1) is 13.6. The van der Waals surface area contributed by atoms with Gasteiger partial charge in [-0.2, -0.15) is 5.10 Å². The summed E-state index contributed by atoms with van der Waals surface area (Å²) in [6.45, 7) is 0. The Bertz CT molecular complexity index is 780. The van der Waals surface area contributed by atoms with Crippen molar-refractivity contribution >= 4 is 38.6 Å². The highest BCUT2D eigenvalue weighted by Gasteiger charge is 2.16. The molecule has 0 aliphatic rings. The van der Waals surface area contributed by atoms with Crippen molar-refractivity contribution in [3.63, 3.8) is 0 Å². The molecule has 7 heteroatoms. The van der Waals surface area contributed by atoms with Crippen LogP contribution in [0.15, 0.2) is 28.9 Å². The number of rotatable bonds is 3. The molecule has 0 aliphatic carbocycles. The third kappa shape index (κ3) is 2.23. The average Bonchev–Trinajstić information content (AvgIpc) is 2.94. The molecular formula is C13H11BrClFN4. The van der Waals surface area contributed by atoms with E-state index in [4.69, 9.17) is 11.6 Å². The molecule has 0 unspecified atom stereocenters. The van der Waals surface area contributed by atoms with Crippen molar-refractivity contribution < 1.29 is 4.39 Å². The largest absolute Gasteiger partial charge is 0.279 e. The quantitative estimate of drug-likeness (QED) is 0.673. The highest BCUT2D eigenvalue weighted by Crippen LogP contribution is 2.26. The van der Waals surface area contributed by atoms with E-state index in [1.807, 2.05) is 23.9 Å². The molecule has 2 aromatic heterocycles. The molecule has 0 bridgehead atoms. The molecule has 0 saturated carbocycles. The zero-order chi connectivity index (χ0) is 14.3. The second kappa shape index (κ2) is 5.18. The minimum absolute atomic E-state index is 0.327. The molecule has 20 heavy (non-hydrogen) atoms. The van der Waals surface area contributed by atoms with Gasteiger partial charge in [-0.1, -0.05) is 0 Å². The summed E-state index contributed by atoms with van der Waals surface area (Å²) in [5.41, 5.74) is 1.40. The van der Waals surface area contributed by atoms with E-state index >= 15 is 0 Å². The van der Waals surface area contributed by atoms with Gasteiger partial charge in [-0.25, -0.2) is 9.37 Å². The van der Waals surface area contributed by atoms with Crippen molar-refractivity contribution in [1.29, 1.82) is 0 Å². The van der Waals surface area contributed by atoms with E-state index in [9.17, 15) is 4.39 Å². The second-order valence-electron chi connectivity index (χ2n) is 4.41. The Morgan fingerprint density at radius 3 is 2.85 bits per heavy atom. The van der Waals surface area contributed by atoms with Crippen LogP contribution in [0.3, 0.4) is 0 Å². The molecule has 0 amide bonds. The summed E-state index contributed by atoms with van der Waals surface area (Å²) in [6, 6.07) is 4.99. The smallest absolute Gasteiger partial charge is 0.160 e. The van der Waals surface area contributed by atoms with Gasteiger partial charge in [-0.15, -0.1) is 11.6 Å². The normalized spacial score (nSPS) is 11.4. The maximum Gasteiger partial charge on any atom is 0.160 e. The number of fused-ring (bicyclic) bond motifs is 1. The van der Waals surface area contributed by atoms with Gasteiger partial charge in [0.05, 0.1) is 15.5 Å². The van der Waals surface area contributed by atoms with Gasteiger partial charge in [-0.3, -0.25) is 9.25 Å². The molecule has 0 spiro atoms. The molecule has 4 nitrogen and oxygen atoms in total. The van der Waals surface area contributed by atoms with Crippen molar-refractivity contribution in [3.05, 3.63) is 40.5 Å². The van der Waals surface area contributed by atoms with Crippen LogP contribution in [-0.2, 0) is 13.5 Å². The molecule has 1 aromatic carbocycles. The van der Waals surface area contributed by atoms with Crippen molar-refractivity contribution in [2.75, 3.05) is 5.88 Å². The molecule has 0 N–H and O–H groups in total. The molecule has 3 rings (SSSR count). The zero-order valence-corrected chi connectivity index (χ0v) is 13.0. The summed E-state index contributed by atoms with van der Waals surface area (Å²) in [4.78, 5) is 4.52. The Labute approximate surface area is 128 Å². The topological polar surface area (TPSA) is 35.6 Å². The van der Waals surface area contributed by atoms with Gasteiger partial charge < -0.3 is 0 Å². The summed E-state index contributed by atoms with van der Waals surface area (Å²) in [6.07, 6.45) is 2.42. The average molecular weight is 358 g/mol. The first-order valence-corrected chi connectivity index (χ1v) is 7.35. The maximum absolute atomic E-state index is 13.8. The van der Waals surface area contributed by atoms with E-state index in [0.29, 0.717) is 33.6 Å². The number of hydrogen-bond donors (Lipinski definition) is 0. The van der Waals surface area contributed by atoms with Crippen molar-refractivity contribution in [2.24, 2.45) is 7.05 Å². The summed E-state index contributed by atoms with van der Waals surface area (Å²) >= 11 is 9.01. The lowest BCUT2D eigenvalue weighted by molar-refractivity contribution is 0.622. The number of nitrogens with zero attached hydrogens (tertiary/aromatic N) is 4. The van der Waals surface area contributed by atoms with Crippen LogP contribution in [0.25, 0.3) is 16.9 Å². The summed E-state index contributed by atoms with van der Waals surface area (Å²) < 4.78 is 17.7. The van der Waals surface area contributed by atoms with E-state index in [1.165, 1.54) is 6.07 Å². The predicted octanol–water partition coefficient (Wildman–Crippen LogP) is 3.44. The lowest BCUT2D eigenvalue weighted by Gasteiger charge is -2.05. The Kier molecular flexibility index (Phi) is 3.52. The third-order valence-corrected chi connectivity index (χ3v) is 3.81. The van der Waals surface area contributed by atoms with Crippen LogP contribution < -0.4 is 0 Å². The number of aromatic nitrogens is 4. The highest BCUT2D eigenvalue weighted by molar-refractivity contribution is 9.10. The number of hydrogen-bond acceptors (Lipinski definition) is 2. The second-order valence-corrected chi connectivity index (χ2v) is 5.64. The number of aryl methyl sites for hydroxylation is 2. The molecule has 0 aliphatic heterocycles. The lowest BCUT2D eigenvalue weighted by atomic mass is 10.3. The van der Waals surface area contributed by atoms with E-state index in [-0.39, 0.29) is 5.82 Å². The van der Waals surface area contributed by atoms with E-state index in [2.05, 4.69) is 26.0 Å². The maximum atomic E-state index is 13.8. The first-order valence-electron chi connectivity index (χ1n) is 6.02. The monoisotopic (exact) mass is 356 g/mol. The summed E-state index contributed by atoms with van der Waals surface area (Å²) in [7, 11) is 1.83. The van der Waals surface area contributed by atoms with E-state index in [0.717, 1.165) is 5.82 Å². The van der Waals surface area contributed by atoms with Gasteiger partial charge in [0.2, 0.25) is 0 Å². The fourth-order valence-electron chi connectivity index (χ4n) is 2.15. The molecular weight excluding hydrogens is 347 g/mol. The van der Waals surface area contributed by atoms with Crippen molar-refractivity contribution in [1.82, 2.24) is 19.3 Å². The van der Waals surface area contributed by atoms with Crippen LogP contribution in [0.1, 0.15) is 5.82 Å². The third-order valence-electron chi connectivity index (χ3n) is 3.01. The Hall–Kier alpha value is -1.40. The van der Waals surface area contributed by atoms with Crippen LogP contribution in [-0.4, -0.2) is 25.2 Å². The minimum Gasteiger partial charge on any atom is -0.279 e. The van der Waals surface area contributed by atoms with E-state index in [1.54, 1.807) is 10.7 Å². The Balaban J connectivity index is 2.31. The Morgan fingerprint density at radius 2 is 2.20 bits per heavy atom. The van der Waals surface area contributed by atoms with Gasteiger partial charge in [0.15, 0.2) is 5.82 Å². The van der Waals surface area contributed by atoms with Crippen molar-refractivity contribution in [2.45, 2.75) is 6.42 Å². The van der Waals surface area contributed by atoms with Gasteiger partial charge >= 0.3 is 0 Å². The standard InChI is InChI=1S/C13H11BrClFN4/c1-19-5-3-13(18-19)20-11-7-9(16)8(14)6-10(11)17-12(20)2-4-15/h3,5-7H,2,4H2,1H3. The van der Waals surface area contributed by atoms with Crippen molar-refractivity contribution in [3.8, 4) is 5.82 Å². The molecule has 2 heterocycles. The van der Waals surface area contributed by atoms with Gasteiger partial charge in [-0.05, 0) is 22.0 Å².